The van der Waals surface area contributed by atoms with E-state index in [-0.39, 0.29) is 0 Å². The number of guanidine groups is 1. The SMILES string of the molecule is CN=C(NC1CC1C1CCCCC1)N1CCC2(CCOCC2)C1. The molecule has 23 heavy (non-hydrogen) atoms. The van der Waals surface area contributed by atoms with Crippen LogP contribution in [0.4, 0.5) is 0 Å². The third kappa shape index (κ3) is 3.38. The minimum Gasteiger partial charge on any atom is -0.381 e. The van der Waals surface area contributed by atoms with Gasteiger partial charge in [0.25, 0.3) is 0 Å². The van der Waals surface area contributed by atoms with Crippen molar-refractivity contribution in [3.05, 3.63) is 0 Å². The van der Waals surface area contributed by atoms with E-state index >= 15 is 0 Å². The van der Waals surface area contributed by atoms with Gasteiger partial charge in [-0.1, -0.05) is 32.1 Å². The first-order valence-electron chi connectivity index (χ1n) is 9.86. The Labute approximate surface area is 141 Å². The van der Waals surface area contributed by atoms with Gasteiger partial charge < -0.3 is 15.0 Å². The van der Waals surface area contributed by atoms with E-state index in [1.165, 1.54) is 70.9 Å². The summed E-state index contributed by atoms with van der Waals surface area (Å²) in [6.07, 6.45) is 12.5. The quantitative estimate of drug-likeness (QED) is 0.628. The molecule has 2 saturated heterocycles. The maximum Gasteiger partial charge on any atom is 0.193 e. The molecule has 2 aliphatic heterocycles. The number of rotatable bonds is 2. The van der Waals surface area contributed by atoms with Crippen LogP contribution in [0, 0.1) is 17.3 Å². The van der Waals surface area contributed by atoms with Gasteiger partial charge in [0, 0.05) is 39.4 Å². The summed E-state index contributed by atoms with van der Waals surface area (Å²) in [5.41, 5.74) is 0.502. The molecule has 1 spiro atoms. The molecule has 4 heteroatoms. The Bertz CT molecular complexity index is 438. The van der Waals surface area contributed by atoms with Crippen LogP contribution in [-0.2, 0) is 4.74 Å². The van der Waals surface area contributed by atoms with E-state index < -0.39 is 0 Å². The summed E-state index contributed by atoms with van der Waals surface area (Å²) >= 11 is 0. The van der Waals surface area contributed by atoms with Gasteiger partial charge in [-0.05, 0) is 42.9 Å². The highest BCUT2D eigenvalue weighted by Gasteiger charge is 2.45. The third-order valence-electron chi connectivity index (χ3n) is 6.91. The van der Waals surface area contributed by atoms with Gasteiger partial charge in [0.15, 0.2) is 5.96 Å². The molecule has 2 heterocycles. The first-order chi connectivity index (χ1) is 11.3. The van der Waals surface area contributed by atoms with Crippen LogP contribution in [-0.4, -0.2) is 50.3 Å². The summed E-state index contributed by atoms with van der Waals surface area (Å²) in [7, 11) is 1.95. The van der Waals surface area contributed by atoms with E-state index in [9.17, 15) is 0 Å². The zero-order valence-corrected chi connectivity index (χ0v) is 14.7. The standard InChI is InChI=1S/C19H33N3O/c1-20-18(21-17-13-16(17)15-5-3-2-4-6-15)22-10-7-19(14-22)8-11-23-12-9-19/h15-17H,2-14H2,1H3,(H,20,21). The number of likely N-dealkylation sites (tertiary alicyclic amines) is 1. The average molecular weight is 319 g/mol. The number of aliphatic imine (C=N–C) groups is 1. The number of hydrogen-bond acceptors (Lipinski definition) is 2. The predicted molar refractivity (Wildman–Crippen MR) is 93.6 cm³/mol. The van der Waals surface area contributed by atoms with Crippen LogP contribution in [0.5, 0.6) is 0 Å². The zero-order valence-electron chi connectivity index (χ0n) is 14.7. The van der Waals surface area contributed by atoms with Crippen molar-refractivity contribution in [3.63, 3.8) is 0 Å². The monoisotopic (exact) mass is 319 g/mol. The second kappa shape index (κ2) is 6.62. The number of nitrogens with one attached hydrogen (secondary N) is 1. The van der Waals surface area contributed by atoms with E-state index in [0.29, 0.717) is 11.5 Å². The van der Waals surface area contributed by atoms with Gasteiger partial charge in [0.1, 0.15) is 0 Å². The maximum atomic E-state index is 5.57. The van der Waals surface area contributed by atoms with E-state index in [0.717, 1.165) is 31.0 Å². The van der Waals surface area contributed by atoms with Gasteiger partial charge in [-0.15, -0.1) is 0 Å². The van der Waals surface area contributed by atoms with Crippen LogP contribution in [0.1, 0.15) is 57.8 Å². The van der Waals surface area contributed by atoms with Crippen molar-refractivity contribution < 1.29 is 4.74 Å². The minimum absolute atomic E-state index is 0.502. The Hall–Kier alpha value is -0.770. The van der Waals surface area contributed by atoms with Gasteiger partial charge in [0.05, 0.1) is 0 Å². The van der Waals surface area contributed by atoms with Crippen LogP contribution in [0.15, 0.2) is 4.99 Å². The smallest absolute Gasteiger partial charge is 0.193 e. The largest absolute Gasteiger partial charge is 0.381 e. The lowest BCUT2D eigenvalue weighted by Crippen LogP contribution is -2.43. The molecule has 1 N–H and O–H groups in total. The second-order valence-corrected chi connectivity index (χ2v) is 8.38. The second-order valence-electron chi connectivity index (χ2n) is 8.38. The lowest BCUT2D eigenvalue weighted by molar-refractivity contribution is 0.0217. The molecule has 4 aliphatic rings. The average Bonchev–Trinajstić information content (AvgIpc) is 3.27. The van der Waals surface area contributed by atoms with E-state index in [1.807, 2.05) is 7.05 Å². The molecular formula is C19H33N3O. The molecule has 2 atom stereocenters. The molecule has 0 amide bonds. The molecular weight excluding hydrogens is 286 g/mol. The molecule has 4 rings (SSSR count). The van der Waals surface area contributed by atoms with Gasteiger partial charge in [-0.2, -0.15) is 0 Å². The molecule has 0 radical (unpaired) electrons. The number of nitrogens with zero attached hydrogens (tertiary/aromatic N) is 2. The molecule has 4 nitrogen and oxygen atoms in total. The maximum absolute atomic E-state index is 5.57. The van der Waals surface area contributed by atoms with Crippen molar-refractivity contribution in [3.8, 4) is 0 Å². The number of ether oxygens (including phenoxy) is 1. The summed E-state index contributed by atoms with van der Waals surface area (Å²) in [5.74, 6) is 3.07. The topological polar surface area (TPSA) is 36.9 Å². The molecule has 0 aromatic carbocycles. The normalized spacial score (nSPS) is 34.8. The summed E-state index contributed by atoms with van der Waals surface area (Å²) < 4.78 is 5.57. The van der Waals surface area contributed by atoms with Crippen molar-refractivity contribution >= 4 is 5.96 Å². The Morgan fingerprint density at radius 3 is 2.65 bits per heavy atom. The highest BCUT2D eigenvalue weighted by Crippen LogP contribution is 2.45. The fourth-order valence-electron chi connectivity index (χ4n) is 5.26. The molecule has 2 aliphatic carbocycles. The molecule has 2 saturated carbocycles. The van der Waals surface area contributed by atoms with E-state index in [4.69, 9.17) is 4.74 Å². The van der Waals surface area contributed by atoms with E-state index in [1.54, 1.807) is 0 Å². The zero-order chi connectivity index (χ0) is 15.7. The first-order valence-corrected chi connectivity index (χ1v) is 9.86. The van der Waals surface area contributed by atoms with Crippen LogP contribution in [0.25, 0.3) is 0 Å². The Balaban J connectivity index is 1.30. The van der Waals surface area contributed by atoms with Crippen molar-refractivity contribution in [2.24, 2.45) is 22.2 Å². The molecule has 2 unspecified atom stereocenters. The van der Waals surface area contributed by atoms with E-state index in [2.05, 4.69) is 15.2 Å². The summed E-state index contributed by atoms with van der Waals surface area (Å²) in [5, 5.41) is 3.80. The van der Waals surface area contributed by atoms with Gasteiger partial charge >= 0.3 is 0 Å². The molecule has 0 aromatic heterocycles. The molecule has 0 bridgehead atoms. The number of hydrogen-bond donors (Lipinski definition) is 1. The van der Waals surface area contributed by atoms with Crippen molar-refractivity contribution in [2.75, 3.05) is 33.4 Å². The van der Waals surface area contributed by atoms with Gasteiger partial charge in [-0.3, -0.25) is 4.99 Å². The highest BCUT2D eigenvalue weighted by molar-refractivity contribution is 5.81. The Morgan fingerprint density at radius 1 is 1.13 bits per heavy atom. The highest BCUT2D eigenvalue weighted by atomic mass is 16.5. The predicted octanol–water partition coefficient (Wildman–Crippen LogP) is 3.03. The van der Waals surface area contributed by atoms with Crippen molar-refractivity contribution in [1.29, 1.82) is 0 Å². The molecule has 4 fully saturated rings. The molecule has 0 aromatic rings. The lowest BCUT2D eigenvalue weighted by Gasteiger charge is -2.33. The summed E-state index contributed by atoms with van der Waals surface area (Å²) in [6.45, 7) is 4.25. The Morgan fingerprint density at radius 2 is 1.91 bits per heavy atom. The third-order valence-corrected chi connectivity index (χ3v) is 6.91. The summed E-state index contributed by atoms with van der Waals surface area (Å²) in [6, 6.07) is 0.697. The van der Waals surface area contributed by atoms with Gasteiger partial charge in [0.2, 0.25) is 0 Å². The molecule has 130 valence electrons. The van der Waals surface area contributed by atoms with Crippen LogP contribution in [0.2, 0.25) is 0 Å². The minimum atomic E-state index is 0.502. The fourth-order valence-corrected chi connectivity index (χ4v) is 5.26. The fraction of sp³-hybridized carbons (Fsp3) is 0.947. The van der Waals surface area contributed by atoms with Crippen LogP contribution < -0.4 is 5.32 Å². The van der Waals surface area contributed by atoms with Crippen LogP contribution in [0.3, 0.4) is 0 Å². The van der Waals surface area contributed by atoms with Crippen LogP contribution >= 0.6 is 0 Å². The van der Waals surface area contributed by atoms with Crippen molar-refractivity contribution in [1.82, 2.24) is 10.2 Å². The van der Waals surface area contributed by atoms with Crippen molar-refractivity contribution in [2.45, 2.75) is 63.8 Å². The lowest BCUT2D eigenvalue weighted by atomic mass is 9.80. The Kier molecular flexibility index (Phi) is 4.53. The summed E-state index contributed by atoms with van der Waals surface area (Å²) in [4.78, 5) is 7.12. The first kappa shape index (κ1) is 15.7. The van der Waals surface area contributed by atoms with Gasteiger partial charge in [-0.25, -0.2) is 0 Å².